The van der Waals surface area contributed by atoms with Crippen LogP contribution < -0.4 is 11.1 Å². The van der Waals surface area contributed by atoms with Gasteiger partial charge in [-0.05, 0) is 43.5 Å². The molecule has 3 rings (SSSR count). The van der Waals surface area contributed by atoms with Crippen molar-refractivity contribution in [2.45, 2.75) is 38.1 Å². The van der Waals surface area contributed by atoms with E-state index in [-0.39, 0.29) is 11.4 Å². The van der Waals surface area contributed by atoms with Crippen LogP contribution >= 0.6 is 0 Å². The van der Waals surface area contributed by atoms with Crippen LogP contribution in [0.5, 0.6) is 0 Å². The lowest BCUT2D eigenvalue weighted by Gasteiger charge is -2.29. The van der Waals surface area contributed by atoms with Crippen LogP contribution in [0.2, 0.25) is 0 Å². The molecule has 0 bridgehead atoms. The lowest BCUT2D eigenvalue weighted by molar-refractivity contribution is 0.0902. The summed E-state index contributed by atoms with van der Waals surface area (Å²) in [6, 6.07) is 5.65. The average Bonchev–Trinajstić information content (AvgIpc) is 3.19. The molecule has 3 N–H and O–H groups in total. The van der Waals surface area contributed by atoms with Gasteiger partial charge in [-0.15, -0.1) is 0 Å². The number of nitrogens with one attached hydrogen (secondary N) is 1. The van der Waals surface area contributed by atoms with Gasteiger partial charge in [0.15, 0.2) is 0 Å². The Balaban J connectivity index is 1.81. The maximum Gasteiger partial charge on any atom is 0.252 e. The smallest absolute Gasteiger partial charge is 0.252 e. The van der Waals surface area contributed by atoms with E-state index in [1.54, 1.807) is 11.0 Å². The van der Waals surface area contributed by atoms with Crippen molar-refractivity contribution >= 4 is 5.91 Å². The van der Waals surface area contributed by atoms with Gasteiger partial charge in [0.05, 0.1) is 11.2 Å². The van der Waals surface area contributed by atoms with E-state index in [4.69, 9.17) is 5.73 Å². The molecule has 0 saturated heterocycles. The second-order valence-corrected chi connectivity index (χ2v) is 5.98. The molecule has 22 heavy (non-hydrogen) atoms. The predicted octanol–water partition coefficient (Wildman–Crippen LogP) is 1.58. The van der Waals surface area contributed by atoms with Gasteiger partial charge in [-0.25, -0.2) is 9.67 Å². The summed E-state index contributed by atoms with van der Waals surface area (Å²) in [4.78, 5) is 16.5. The van der Waals surface area contributed by atoms with Crippen LogP contribution in [0, 0.1) is 6.92 Å². The Morgan fingerprint density at radius 1 is 1.41 bits per heavy atom. The molecule has 0 atom stereocenters. The SMILES string of the molecule is Cc1cc(-n2cncn2)ccc1C(=O)NC1(CN)CCCC1. The molecule has 1 aromatic carbocycles. The second kappa shape index (κ2) is 5.88. The molecular weight excluding hydrogens is 278 g/mol. The van der Waals surface area contributed by atoms with Crippen LogP contribution in [0.4, 0.5) is 0 Å². The molecule has 1 amide bonds. The van der Waals surface area contributed by atoms with Crippen molar-refractivity contribution in [1.29, 1.82) is 0 Å². The molecule has 1 aliphatic rings. The fourth-order valence-corrected chi connectivity index (χ4v) is 3.13. The van der Waals surface area contributed by atoms with Crippen LogP contribution in [0.3, 0.4) is 0 Å². The van der Waals surface area contributed by atoms with Crippen molar-refractivity contribution in [3.8, 4) is 5.69 Å². The van der Waals surface area contributed by atoms with Gasteiger partial charge in [-0.3, -0.25) is 4.79 Å². The van der Waals surface area contributed by atoms with Gasteiger partial charge in [0, 0.05) is 12.1 Å². The molecular formula is C16H21N5O. The number of nitrogens with zero attached hydrogens (tertiary/aromatic N) is 3. The molecule has 1 aromatic heterocycles. The number of nitrogens with two attached hydrogens (primary N) is 1. The summed E-state index contributed by atoms with van der Waals surface area (Å²) in [6.07, 6.45) is 7.30. The number of aromatic nitrogens is 3. The van der Waals surface area contributed by atoms with Gasteiger partial charge >= 0.3 is 0 Å². The molecule has 1 fully saturated rings. The molecule has 116 valence electrons. The number of benzene rings is 1. The maximum absolute atomic E-state index is 12.6. The summed E-state index contributed by atoms with van der Waals surface area (Å²) in [7, 11) is 0. The average molecular weight is 299 g/mol. The monoisotopic (exact) mass is 299 g/mol. The lowest BCUT2D eigenvalue weighted by atomic mass is 9.96. The van der Waals surface area contributed by atoms with Gasteiger partial charge in [0.2, 0.25) is 0 Å². The first-order chi connectivity index (χ1) is 10.6. The van der Waals surface area contributed by atoms with E-state index in [9.17, 15) is 4.79 Å². The Labute approximate surface area is 129 Å². The third-order valence-electron chi connectivity index (χ3n) is 4.47. The molecule has 0 spiro atoms. The summed E-state index contributed by atoms with van der Waals surface area (Å²) in [6.45, 7) is 2.42. The first-order valence-corrected chi connectivity index (χ1v) is 7.62. The quantitative estimate of drug-likeness (QED) is 0.897. The molecule has 0 radical (unpaired) electrons. The summed E-state index contributed by atoms with van der Waals surface area (Å²) in [5, 5.41) is 7.25. The fraction of sp³-hybridized carbons (Fsp3) is 0.438. The Morgan fingerprint density at radius 3 is 2.77 bits per heavy atom. The van der Waals surface area contributed by atoms with Crippen LogP contribution in [0.25, 0.3) is 5.69 Å². The zero-order chi connectivity index (χ0) is 15.6. The summed E-state index contributed by atoms with van der Waals surface area (Å²) >= 11 is 0. The zero-order valence-corrected chi connectivity index (χ0v) is 12.7. The van der Waals surface area contributed by atoms with Gasteiger partial charge in [-0.2, -0.15) is 5.10 Å². The Kier molecular flexibility index (Phi) is 3.94. The van der Waals surface area contributed by atoms with Crippen molar-refractivity contribution in [1.82, 2.24) is 20.1 Å². The number of rotatable bonds is 4. The lowest BCUT2D eigenvalue weighted by Crippen LogP contribution is -2.51. The zero-order valence-electron chi connectivity index (χ0n) is 12.7. The highest BCUT2D eigenvalue weighted by Gasteiger charge is 2.34. The fourth-order valence-electron chi connectivity index (χ4n) is 3.13. The van der Waals surface area contributed by atoms with E-state index in [1.165, 1.54) is 6.33 Å². The van der Waals surface area contributed by atoms with E-state index in [0.717, 1.165) is 36.9 Å². The van der Waals surface area contributed by atoms with E-state index in [0.29, 0.717) is 12.1 Å². The Morgan fingerprint density at radius 2 is 2.18 bits per heavy atom. The second-order valence-electron chi connectivity index (χ2n) is 5.98. The molecule has 1 heterocycles. The number of carbonyl (C=O) groups is 1. The molecule has 6 heteroatoms. The largest absolute Gasteiger partial charge is 0.345 e. The number of aryl methyl sites for hydroxylation is 1. The molecule has 1 saturated carbocycles. The van der Waals surface area contributed by atoms with Crippen molar-refractivity contribution in [2.24, 2.45) is 5.73 Å². The van der Waals surface area contributed by atoms with Crippen LogP contribution in [0.15, 0.2) is 30.9 Å². The van der Waals surface area contributed by atoms with E-state index in [1.807, 2.05) is 25.1 Å². The van der Waals surface area contributed by atoms with E-state index < -0.39 is 0 Å². The van der Waals surface area contributed by atoms with Gasteiger partial charge in [-0.1, -0.05) is 12.8 Å². The van der Waals surface area contributed by atoms with Crippen LogP contribution in [-0.2, 0) is 0 Å². The first kappa shape index (κ1) is 14.7. The molecule has 6 nitrogen and oxygen atoms in total. The van der Waals surface area contributed by atoms with Crippen LogP contribution in [0.1, 0.15) is 41.6 Å². The van der Waals surface area contributed by atoms with Gasteiger partial charge in [0.1, 0.15) is 12.7 Å². The highest BCUT2D eigenvalue weighted by Crippen LogP contribution is 2.29. The number of hydrogen-bond acceptors (Lipinski definition) is 4. The van der Waals surface area contributed by atoms with Crippen molar-refractivity contribution in [3.63, 3.8) is 0 Å². The third kappa shape index (κ3) is 2.74. The molecule has 1 aliphatic carbocycles. The number of carbonyl (C=O) groups excluding carboxylic acids is 1. The van der Waals surface area contributed by atoms with Gasteiger partial charge < -0.3 is 11.1 Å². The van der Waals surface area contributed by atoms with Crippen molar-refractivity contribution in [3.05, 3.63) is 42.0 Å². The van der Waals surface area contributed by atoms with Crippen molar-refractivity contribution < 1.29 is 4.79 Å². The molecule has 2 aromatic rings. The molecule has 0 unspecified atom stereocenters. The summed E-state index contributed by atoms with van der Waals surface area (Å²) < 4.78 is 1.67. The van der Waals surface area contributed by atoms with E-state index in [2.05, 4.69) is 15.4 Å². The summed E-state index contributed by atoms with van der Waals surface area (Å²) in [5.41, 5.74) is 8.15. The van der Waals surface area contributed by atoms with Crippen LogP contribution in [-0.4, -0.2) is 32.8 Å². The predicted molar refractivity (Wildman–Crippen MR) is 83.8 cm³/mol. The minimum atomic E-state index is -0.228. The first-order valence-electron chi connectivity index (χ1n) is 7.62. The Hall–Kier alpha value is -2.21. The summed E-state index contributed by atoms with van der Waals surface area (Å²) in [5.74, 6) is -0.0463. The minimum Gasteiger partial charge on any atom is -0.345 e. The number of amides is 1. The minimum absolute atomic E-state index is 0.0463. The highest BCUT2D eigenvalue weighted by atomic mass is 16.1. The maximum atomic E-state index is 12.6. The van der Waals surface area contributed by atoms with Crippen molar-refractivity contribution in [2.75, 3.05) is 6.54 Å². The normalized spacial score (nSPS) is 16.6. The molecule has 0 aliphatic heterocycles. The number of hydrogen-bond donors (Lipinski definition) is 2. The van der Waals surface area contributed by atoms with Gasteiger partial charge in [0.25, 0.3) is 5.91 Å². The Bertz CT molecular complexity index is 659. The van der Waals surface area contributed by atoms with E-state index >= 15 is 0 Å². The third-order valence-corrected chi connectivity index (χ3v) is 4.47. The standard InChI is InChI=1S/C16H21N5O/c1-12-8-13(21-11-18-10-19-21)4-5-14(12)15(22)20-16(9-17)6-2-3-7-16/h4-5,8,10-11H,2-3,6-7,9,17H2,1H3,(H,20,22). The highest BCUT2D eigenvalue weighted by molar-refractivity contribution is 5.96. The topological polar surface area (TPSA) is 85.8 Å².